The minimum atomic E-state index is -0.424. The van der Waals surface area contributed by atoms with Gasteiger partial charge >= 0.3 is 107 Å². The van der Waals surface area contributed by atoms with Crippen LogP contribution in [0.4, 0.5) is 0 Å². The summed E-state index contributed by atoms with van der Waals surface area (Å²) in [6.07, 6.45) is 0. The summed E-state index contributed by atoms with van der Waals surface area (Å²) in [7, 11) is 4.10. The molecule has 0 saturated heterocycles. The summed E-state index contributed by atoms with van der Waals surface area (Å²) in [5.41, 5.74) is 0. The zero-order valence-electron chi connectivity index (χ0n) is 8.09. The van der Waals surface area contributed by atoms with Gasteiger partial charge < -0.3 is 0 Å². The monoisotopic (exact) mass is 338 g/mol. The number of hydrogen-bond donors (Lipinski definition) is 0. The van der Waals surface area contributed by atoms with E-state index >= 15 is 0 Å². The van der Waals surface area contributed by atoms with Crippen molar-refractivity contribution in [1.29, 1.82) is 0 Å². The van der Waals surface area contributed by atoms with Gasteiger partial charge in [-0.25, -0.2) is 0 Å². The Kier molecular flexibility index (Phi) is 4.96. The standard InChI is InChI=1S/2C6H6S.Sn/c2*7-6-4-2-1-3-5-6;/h2*1-5,7H;/q;;+3/p-2. The van der Waals surface area contributed by atoms with E-state index in [4.69, 9.17) is 0 Å². The molecule has 0 nitrogen and oxygen atoms in total. The van der Waals surface area contributed by atoms with E-state index in [1.807, 2.05) is 17.9 Å². The SMILES string of the molecule is c1ccc([S][Sn+][S]c2ccccc2)cc1. The van der Waals surface area contributed by atoms with Crippen LogP contribution in [0.25, 0.3) is 0 Å². The van der Waals surface area contributed by atoms with Gasteiger partial charge in [0.1, 0.15) is 0 Å². The van der Waals surface area contributed by atoms with Crippen molar-refractivity contribution in [2.75, 3.05) is 0 Å². The molecule has 0 bridgehead atoms. The van der Waals surface area contributed by atoms with Crippen LogP contribution in [-0.2, 0) is 0 Å². The third-order valence-electron chi connectivity index (χ3n) is 1.81. The molecule has 0 atom stereocenters. The van der Waals surface area contributed by atoms with Crippen molar-refractivity contribution in [2.24, 2.45) is 0 Å². The first-order valence-electron chi connectivity index (χ1n) is 4.64. The fraction of sp³-hybridized carbons (Fsp3) is 0. The van der Waals surface area contributed by atoms with E-state index < -0.39 is 18.4 Å². The molecule has 3 heteroatoms. The number of rotatable bonds is 4. The summed E-state index contributed by atoms with van der Waals surface area (Å²) in [5.74, 6) is 0. The van der Waals surface area contributed by atoms with Crippen LogP contribution in [-0.4, -0.2) is 18.4 Å². The second-order valence-corrected chi connectivity index (χ2v) is 12.7. The zero-order valence-corrected chi connectivity index (χ0v) is 12.6. The van der Waals surface area contributed by atoms with E-state index in [9.17, 15) is 0 Å². The third-order valence-corrected chi connectivity index (χ3v) is 11.8. The maximum atomic E-state index is 2.19. The van der Waals surface area contributed by atoms with Gasteiger partial charge in [-0.2, -0.15) is 0 Å². The van der Waals surface area contributed by atoms with Crippen molar-refractivity contribution in [1.82, 2.24) is 0 Å². The van der Waals surface area contributed by atoms with E-state index in [0.29, 0.717) is 0 Å². The van der Waals surface area contributed by atoms with Gasteiger partial charge in [-0.3, -0.25) is 0 Å². The van der Waals surface area contributed by atoms with Crippen molar-refractivity contribution < 1.29 is 0 Å². The molecule has 0 saturated carbocycles. The van der Waals surface area contributed by atoms with Crippen LogP contribution < -0.4 is 0 Å². The molecule has 0 spiro atoms. The minimum absolute atomic E-state index is 0.424. The van der Waals surface area contributed by atoms with Crippen molar-refractivity contribution in [2.45, 2.75) is 9.79 Å². The topological polar surface area (TPSA) is 0 Å². The van der Waals surface area contributed by atoms with Gasteiger partial charge in [-0.05, 0) is 0 Å². The summed E-state index contributed by atoms with van der Waals surface area (Å²) >= 11 is -0.424. The molecule has 0 aliphatic carbocycles. The van der Waals surface area contributed by atoms with E-state index in [1.165, 1.54) is 9.79 Å². The first kappa shape index (κ1) is 11.4. The first-order chi connectivity index (χ1) is 7.45. The molecule has 2 aromatic rings. The Morgan fingerprint density at radius 3 is 1.40 bits per heavy atom. The third kappa shape index (κ3) is 4.13. The molecule has 1 radical (unpaired) electrons. The molecule has 0 amide bonds. The van der Waals surface area contributed by atoms with Crippen molar-refractivity contribution in [3.63, 3.8) is 0 Å². The van der Waals surface area contributed by atoms with Crippen LogP contribution in [0.15, 0.2) is 70.5 Å². The summed E-state index contributed by atoms with van der Waals surface area (Å²) < 4.78 is 0. The van der Waals surface area contributed by atoms with Gasteiger partial charge in [0.2, 0.25) is 0 Å². The fourth-order valence-corrected chi connectivity index (χ4v) is 11.0. The fourth-order valence-electron chi connectivity index (χ4n) is 1.09. The second kappa shape index (κ2) is 6.51. The van der Waals surface area contributed by atoms with E-state index in [0.717, 1.165) is 0 Å². The van der Waals surface area contributed by atoms with Gasteiger partial charge in [0.25, 0.3) is 0 Å². The molecule has 0 heterocycles. The molecule has 2 aromatic carbocycles. The van der Waals surface area contributed by atoms with Crippen molar-refractivity contribution in [3.8, 4) is 0 Å². The van der Waals surface area contributed by atoms with Crippen molar-refractivity contribution in [3.05, 3.63) is 60.7 Å². The van der Waals surface area contributed by atoms with E-state index in [2.05, 4.69) is 60.7 Å². The van der Waals surface area contributed by atoms with Gasteiger partial charge in [-0.15, -0.1) is 0 Å². The predicted molar refractivity (Wildman–Crippen MR) is 70.4 cm³/mol. The Morgan fingerprint density at radius 1 is 0.600 bits per heavy atom. The zero-order chi connectivity index (χ0) is 10.3. The molecular weight excluding hydrogens is 327 g/mol. The van der Waals surface area contributed by atoms with Crippen LogP contribution in [0.1, 0.15) is 0 Å². The molecule has 0 aliphatic rings. The van der Waals surface area contributed by atoms with Gasteiger partial charge in [0, 0.05) is 0 Å². The van der Waals surface area contributed by atoms with Crippen LogP contribution in [0, 0.1) is 0 Å². The Balaban J connectivity index is 1.81. The molecule has 73 valence electrons. The second-order valence-electron chi connectivity index (χ2n) is 2.91. The molecule has 0 unspecified atom stereocenters. The molecular formula is C12H10S2Sn+. The molecule has 0 fully saturated rings. The quantitative estimate of drug-likeness (QED) is 0.771. The number of hydrogen-bond acceptors (Lipinski definition) is 2. The Bertz CT molecular complexity index is 349. The normalized spacial score (nSPS) is 9.87. The van der Waals surface area contributed by atoms with Crippen LogP contribution in [0.2, 0.25) is 0 Å². The Labute approximate surface area is 106 Å². The molecule has 0 N–H and O–H groups in total. The van der Waals surface area contributed by atoms with E-state index in [-0.39, 0.29) is 0 Å². The molecule has 2 rings (SSSR count). The van der Waals surface area contributed by atoms with Gasteiger partial charge in [-0.1, -0.05) is 0 Å². The van der Waals surface area contributed by atoms with Crippen LogP contribution >= 0.6 is 17.9 Å². The molecule has 0 aromatic heterocycles. The Hall–Kier alpha value is -0.0613. The molecule has 15 heavy (non-hydrogen) atoms. The van der Waals surface area contributed by atoms with Crippen molar-refractivity contribution >= 4 is 36.3 Å². The van der Waals surface area contributed by atoms with Gasteiger partial charge in [0.05, 0.1) is 0 Å². The summed E-state index contributed by atoms with van der Waals surface area (Å²) in [4.78, 5) is 2.82. The number of benzene rings is 2. The average molecular weight is 337 g/mol. The van der Waals surface area contributed by atoms with Crippen LogP contribution in [0.5, 0.6) is 0 Å². The first-order valence-corrected chi connectivity index (χ1v) is 13.3. The van der Waals surface area contributed by atoms with Gasteiger partial charge in [0.15, 0.2) is 0 Å². The van der Waals surface area contributed by atoms with E-state index in [1.54, 1.807) is 0 Å². The summed E-state index contributed by atoms with van der Waals surface area (Å²) in [6, 6.07) is 21.3. The molecule has 0 aliphatic heterocycles. The van der Waals surface area contributed by atoms with Crippen LogP contribution in [0.3, 0.4) is 0 Å². The average Bonchev–Trinajstić information content (AvgIpc) is 2.32. The Morgan fingerprint density at radius 2 is 1.00 bits per heavy atom. The summed E-state index contributed by atoms with van der Waals surface area (Å²) in [6.45, 7) is 0. The summed E-state index contributed by atoms with van der Waals surface area (Å²) in [5, 5.41) is 0. The maximum absolute atomic E-state index is 2.19. The predicted octanol–water partition coefficient (Wildman–Crippen LogP) is 4.11.